The van der Waals surface area contributed by atoms with E-state index in [-0.39, 0.29) is 5.82 Å². The van der Waals surface area contributed by atoms with Crippen LogP contribution in [0.25, 0.3) is 11.1 Å². The molecule has 0 atom stereocenters. The summed E-state index contributed by atoms with van der Waals surface area (Å²) in [6.07, 6.45) is 1.80. The first-order chi connectivity index (χ1) is 10.7. The molecule has 0 heterocycles. The zero-order chi connectivity index (χ0) is 15.4. The van der Waals surface area contributed by atoms with Crippen molar-refractivity contribution >= 4 is 11.9 Å². The normalized spacial score (nSPS) is 11.0. The second-order valence-corrected chi connectivity index (χ2v) is 5.18. The van der Waals surface area contributed by atoms with Gasteiger partial charge in [-0.25, -0.2) is 4.39 Å². The molecule has 3 aromatic rings. The first-order valence-corrected chi connectivity index (χ1v) is 7.18. The third kappa shape index (κ3) is 3.29. The zero-order valence-corrected chi connectivity index (χ0v) is 12.3. The van der Waals surface area contributed by atoms with Crippen LogP contribution in [0.5, 0.6) is 0 Å². The fourth-order valence-corrected chi connectivity index (χ4v) is 2.30. The Kier molecular flexibility index (Phi) is 4.10. The van der Waals surface area contributed by atoms with Crippen molar-refractivity contribution in [3.8, 4) is 11.1 Å². The second-order valence-electron chi connectivity index (χ2n) is 5.18. The van der Waals surface area contributed by atoms with E-state index in [1.807, 2.05) is 37.3 Å². The van der Waals surface area contributed by atoms with Gasteiger partial charge in [0.1, 0.15) is 5.82 Å². The third-order valence-corrected chi connectivity index (χ3v) is 3.53. The number of hydrogen-bond donors (Lipinski definition) is 0. The molecule has 0 fully saturated rings. The molecule has 3 rings (SSSR count). The van der Waals surface area contributed by atoms with Crippen molar-refractivity contribution in [3.63, 3.8) is 0 Å². The highest BCUT2D eigenvalue weighted by molar-refractivity contribution is 5.83. The van der Waals surface area contributed by atoms with Crippen LogP contribution in [-0.2, 0) is 0 Å². The maximum atomic E-state index is 13.1. The van der Waals surface area contributed by atoms with Gasteiger partial charge in [-0.1, -0.05) is 54.6 Å². The molecular formula is C20H16FN. The molecule has 0 bridgehead atoms. The van der Waals surface area contributed by atoms with Crippen molar-refractivity contribution in [2.24, 2.45) is 4.99 Å². The van der Waals surface area contributed by atoms with Crippen LogP contribution < -0.4 is 0 Å². The molecule has 2 heteroatoms. The van der Waals surface area contributed by atoms with E-state index in [4.69, 9.17) is 0 Å². The topological polar surface area (TPSA) is 12.4 Å². The Hall–Kier alpha value is -2.74. The quantitative estimate of drug-likeness (QED) is 0.560. The number of benzene rings is 3. The summed E-state index contributed by atoms with van der Waals surface area (Å²) < 4.78 is 13.1. The largest absolute Gasteiger partial charge is 0.256 e. The molecule has 1 nitrogen and oxygen atoms in total. The van der Waals surface area contributed by atoms with E-state index in [9.17, 15) is 4.39 Å². The van der Waals surface area contributed by atoms with Gasteiger partial charge in [-0.05, 0) is 47.4 Å². The summed E-state index contributed by atoms with van der Waals surface area (Å²) in [5.74, 6) is -0.233. The highest BCUT2D eigenvalue weighted by Gasteiger charge is 1.98. The molecule has 0 spiro atoms. The molecule has 0 aliphatic carbocycles. The van der Waals surface area contributed by atoms with Crippen LogP contribution in [0.4, 0.5) is 10.1 Å². The lowest BCUT2D eigenvalue weighted by atomic mass is 10.0. The van der Waals surface area contributed by atoms with Crippen LogP contribution in [-0.4, -0.2) is 6.21 Å². The number of aryl methyl sites for hydroxylation is 1. The third-order valence-electron chi connectivity index (χ3n) is 3.53. The summed E-state index contributed by atoms with van der Waals surface area (Å²) in [5, 5.41) is 0. The Morgan fingerprint density at radius 1 is 0.818 bits per heavy atom. The Balaban J connectivity index is 1.80. The van der Waals surface area contributed by atoms with Crippen molar-refractivity contribution in [2.45, 2.75) is 6.92 Å². The van der Waals surface area contributed by atoms with Gasteiger partial charge in [0.05, 0.1) is 5.69 Å². The lowest BCUT2D eigenvalue weighted by molar-refractivity contribution is 0.627. The molecule has 3 aromatic carbocycles. The summed E-state index contributed by atoms with van der Waals surface area (Å²) in [5.41, 5.74) is 5.00. The monoisotopic (exact) mass is 289 g/mol. The van der Waals surface area contributed by atoms with Crippen LogP contribution in [0, 0.1) is 12.7 Å². The standard InChI is InChI=1S/C20H16FN/c1-15-13-19(21)11-12-20(15)22-14-16-7-9-18(10-8-16)17-5-3-2-4-6-17/h2-14H,1H3/b22-14+. The van der Waals surface area contributed by atoms with Crippen LogP contribution in [0.1, 0.15) is 11.1 Å². The fraction of sp³-hybridized carbons (Fsp3) is 0.0500. The average Bonchev–Trinajstić information content (AvgIpc) is 2.55. The van der Waals surface area contributed by atoms with Gasteiger partial charge in [0.25, 0.3) is 0 Å². The van der Waals surface area contributed by atoms with Crippen LogP contribution in [0.2, 0.25) is 0 Å². The molecule has 0 N–H and O–H groups in total. The van der Waals surface area contributed by atoms with Gasteiger partial charge in [-0.3, -0.25) is 4.99 Å². The van der Waals surface area contributed by atoms with Gasteiger partial charge in [-0.15, -0.1) is 0 Å². The highest BCUT2D eigenvalue weighted by Crippen LogP contribution is 2.21. The van der Waals surface area contributed by atoms with E-state index in [1.165, 1.54) is 23.3 Å². The van der Waals surface area contributed by atoms with E-state index in [2.05, 4.69) is 29.3 Å². The first kappa shape index (κ1) is 14.2. The van der Waals surface area contributed by atoms with Crippen molar-refractivity contribution in [1.82, 2.24) is 0 Å². The Labute approximate surface area is 129 Å². The smallest absolute Gasteiger partial charge is 0.123 e. The van der Waals surface area contributed by atoms with Gasteiger partial charge >= 0.3 is 0 Å². The predicted octanol–water partition coefficient (Wildman–Crippen LogP) is 5.55. The minimum Gasteiger partial charge on any atom is -0.256 e. The Bertz CT molecular complexity index is 790. The maximum absolute atomic E-state index is 13.1. The van der Waals surface area contributed by atoms with E-state index in [0.29, 0.717) is 0 Å². The summed E-state index contributed by atoms with van der Waals surface area (Å²) in [6, 6.07) is 23.1. The van der Waals surface area contributed by atoms with E-state index in [0.717, 1.165) is 16.8 Å². The van der Waals surface area contributed by atoms with Gasteiger partial charge in [0.15, 0.2) is 0 Å². The Morgan fingerprint density at radius 2 is 1.50 bits per heavy atom. The van der Waals surface area contributed by atoms with Crippen molar-refractivity contribution in [2.75, 3.05) is 0 Å². The number of hydrogen-bond acceptors (Lipinski definition) is 1. The molecule has 0 saturated carbocycles. The summed E-state index contributed by atoms with van der Waals surface area (Å²) in [4.78, 5) is 4.43. The molecular weight excluding hydrogens is 273 g/mol. The lowest BCUT2D eigenvalue weighted by Crippen LogP contribution is -1.83. The summed E-state index contributed by atoms with van der Waals surface area (Å²) in [6.45, 7) is 1.86. The van der Waals surface area contributed by atoms with E-state index in [1.54, 1.807) is 12.3 Å². The average molecular weight is 289 g/mol. The van der Waals surface area contributed by atoms with Gasteiger partial charge < -0.3 is 0 Å². The molecule has 0 aliphatic heterocycles. The molecule has 108 valence electrons. The molecule has 0 aliphatic rings. The molecule has 0 saturated heterocycles. The van der Waals surface area contributed by atoms with Crippen LogP contribution in [0.3, 0.4) is 0 Å². The number of nitrogens with zero attached hydrogens (tertiary/aromatic N) is 1. The van der Waals surface area contributed by atoms with Crippen molar-refractivity contribution in [1.29, 1.82) is 0 Å². The number of aliphatic imine (C=N–C) groups is 1. The molecule has 22 heavy (non-hydrogen) atoms. The first-order valence-electron chi connectivity index (χ1n) is 7.18. The van der Waals surface area contributed by atoms with E-state index < -0.39 is 0 Å². The maximum Gasteiger partial charge on any atom is 0.123 e. The van der Waals surface area contributed by atoms with Crippen molar-refractivity contribution in [3.05, 3.63) is 89.7 Å². The van der Waals surface area contributed by atoms with Gasteiger partial charge in [-0.2, -0.15) is 0 Å². The minimum absolute atomic E-state index is 0.233. The van der Waals surface area contributed by atoms with Gasteiger partial charge in [0, 0.05) is 6.21 Å². The van der Waals surface area contributed by atoms with Crippen LogP contribution >= 0.6 is 0 Å². The molecule has 0 radical (unpaired) electrons. The Morgan fingerprint density at radius 3 is 2.18 bits per heavy atom. The lowest BCUT2D eigenvalue weighted by Gasteiger charge is -2.02. The molecule has 0 aromatic heterocycles. The predicted molar refractivity (Wildman–Crippen MR) is 90.3 cm³/mol. The number of rotatable bonds is 3. The molecule has 0 amide bonds. The highest BCUT2D eigenvalue weighted by atomic mass is 19.1. The number of halogens is 1. The zero-order valence-electron chi connectivity index (χ0n) is 12.3. The summed E-state index contributed by atoms with van der Waals surface area (Å²) >= 11 is 0. The summed E-state index contributed by atoms with van der Waals surface area (Å²) in [7, 11) is 0. The van der Waals surface area contributed by atoms with Crippen molar-refractivity contribution < 1.29 is 4.39 Å². The molecule has 0 unspecified atom stereocenters. The SMILES string of the molecule is Cc1cc(F)ccc1/N=C/c1ccc(-c2ccccc2)cc1. The van der Waals surface area contributed by atoms with E-state index >= 15 is 0 Å². The fourth-order valence-electron chi connectivity index (χ4n) is 2.30. The minimum atomic E-state index is -0.233. The van der Waals surface area contributed by atoms with Crippen LogP contribution in [0.15, 0.2) is 77.8 Å². The van der Waals surface area contributed by atoms with Gasteiger partial charge in [0.2, 0.25) is 0 Å². The second kappa shape index (κ2) is 6.35.